The third-order valence-electron chi connectivity index (χ3n) is 6.43. The number of carbonyl (C=O) groups is 1. The van der Waals surface area contributed by atoms with Gasteiger partial charge in [-0.3, -0.25) is 13.8 Å². The quantitative estimate of drug-likeness (QED) is 0.584. The summed E-state index contributed by atoms with van der Waals surface area (Å²) in [4.78, 5) is 16.2. The molecule has 1 amide bonds. The van der Waals surface area contributed by atoms with Gasteiger partial charge in [-0.05, 0) is 36.5 Å². The van der Waals surface area contributed by atoms with Gasteiger partial charge >= 0.3 is 0 Å². The standard InChI is InChI=1S/C22H24N6O/c1-13-7-5-6-8-16(13)27-10-9-17-21(27)23-12-19-25-26-20(28(17)19)15-11-18(22(15,3)4)24-14(2)29/h5-10,12,15,18H,11H2,1-4H3,(H,24,29)/t15-,18-/m1/s1. The van der Waals surface area contributed by atoms with Crippen molar-refractivity contribution in [2.45, 2.75) is 46.1 Å². The first-order valence-corrected chi connectivity index (χ1v) is 9.92. The highest BCUT2D eigenvalue weighted by Gasteiger charge is 2.51. The number of aromatic nitrogens is 5. The number of aryl methyl sites for hydroxylation is 1. The van der Waals surface area contributed by atoms with Crippen LogP contribution in [0, 0.1) is 12.3 Å². The van der Waals surface area contributed by atoms with Crippen LogP contribution >= 0.6 is 0 Å². The minimum Gasteiger partial charge on any atom is -0.353 e. The fourth-order valence-corrected chi connectivity index (χ4v) is 4.58. The fraction of sp³-hybridized carbons (Fsp3) is 0.364. The molecule has 1 fully saturated rings. The second kappa shape index (κ2) is 6.14. The van der Waals surface area contributed by atoms with Crippen LogP contribution in [0.1, 0.15) is 44.5 Å². The van der Waals surface area contributed by atoms with E-state index in [-0.39, 0.29) is 23.3 Å². The normalized spacial score (nSPS) is 20.7. The lowest BCUT2D eigenvalue weighted by molar-refractivity contribution is -0.122. The van der Waals surface area contributed by atoms with Crippen LogP contribution in [0.3, 0.4) is 0 Å². The molecule has 7 heteroatoms. The number of carbonyl (C=O) groups excluding carboxylic acids is 1. The maximum absolute atomic E-state index is 11.5. The van der Waals surface area contributed by atoms with Gasteiger partial charge in [0.15, 0.2) is 11.3 Å². The fourth-order valence-electron chi connectivity index (χ4n) is 4.58. The molecule has 148 valence electrons. The van der Waals surface area contributed by atoms with Gasteiger partial charge in [0.05, 0.1) is 11.7 Å². The van der Waals surface area contributed by atoms with Crippen molar-refractivity contribution >= 4 is 22.7 Å². The first-order chi connectivity index (χ1) is 13.9. The zero-order valence-electron chi connectivity index (χ0n) is 17.0. The van der Waals surface area contributed by atoms with Gasteiger partial charge in [-0.15, -0.1) is 10.2 Å². The second-order valence-electron chi connectivity index (χ2n) is 8.55. The first-order valence-electron chi connectivity index (χ1n) is 9.92. The van der Waals surface area contributed by atoms with Gasteiger partial charge < -0.3 is 5.32 Å². The van der Waals surface area contributed by atoms with Crippen molar-refractivity contribution in [1.29, 1.82) is 0 Å². The summed E-state index contributed by atoms with van der Waals surface area (Å²) in [5.74, 6) is 1.15. The van der Waals surface area contributed by atoms with Crippen molar-refractivity contribution in [2.24, 2.45) is 5.41 Å². The molecule has 1 aromatic carbocycles. The lowest BCUT2D eigenvalue weighted by atomic mass is 9.58. The van der Waals surface area contributed by atoms with E-state index in [2.05, 4.69) is 74.6 Å². The van der Waals surface area contributed by atoms with Gasteiger partial charge in [0.2, 0.25) is 5.91 Å². The van der Waals surface area contributed by atoms with Crippen molar-refractivity contribution in [3.8, 4) is 5.69 Å². The van der Waals surface area contributed by atoms with Crippen molar-refractivity contribution in [3.63, 3.8) is 0 Å². The Morgan fingerprint density at radius 3 is 2.72 bits per heavy atom. The summed E-state index contributed by atoms with van der Waals surface area (Å²) < 4.78 is 4.23. The Balaban J connectivity index is 1.64. The summed E-state index contributed by atoms with van der Waals surface area (Å²) in [5.41, 5.74) is 4.82. The molecule has 29 heavy (non-hydrogen) atoms. The molecule has 1 aliphatic rings. The number of benzene rings is 1. The van der Waals surface area contributed by atoms with Crippen molar-refractivity contribution in [1.82, 2.24) is 29.5 Å². The Kier molecular flexibility index (Phi) is 3.78. The van der Waals surface area contributed by atoms with Gasteiger partial charge in [-0.25, -0.2) is 4.98 Å². The highest BCUT2D eigenvalue weighted by atomic mass is 16.1. The van der Waals surface area contributed by atoms with E-state index >= 15 is 0 Å². The highest BCUT2D eigenvalue weighted by Crippen LogP contribution is 2.52. The van der Waals surface area contributed by atoms with Gasteiger partial charge in [0, 0.05) is 30.8 Å². The lowest BCUT2D eigenvalue weighted by Crippen LogP contribution is -2.57. The van der Waals surface area contributed by atoms with Crippen molar-refractivity contribution in [3.05, 3.63) is 54.1 Å². The van der Waals surface area contributed by atoms with Crippen LogP contribution in [-0.2, 0) is 4.79 Å². The largest absolute Gasteiger partial charge is 0.353 e. The average molecular weight is 388 g/mol. The van der Waals surface area contributed by atoms with E-state index in [9.17, 15) is 4.79 Å². The molecule has 0 bridgehead atoms. The number of para-hydroxylation sites is 1. The number of rotatable bonds is 3. The zero-order chi connectivity index (χ0) is 20.3. The Bertz CT molecular complexity index is 1250. The molecule has 3 aromatic heterocycles. The molecule has 4 aromatic rings. The number of nitrogens with one attached hydrogen (secondary N) is 1. The first kappa shape index (κ1) is 17.8. The molecule has 0 radical (unpaired) electrons. The Morgan fingerprint density at radius 2 is 2.00 bits per heavy atom. The van der Waals surface area contributed by atoms with Crippen LogP contribution in [-0.4, -0.2) is 36.1 Å². The van der Waals surface area contributed by atoms with E-state index in [1.54, 1.807) is 13.1 Å². The highest BCUT2D eigenvalue weighted by molar-refractivity contribution is 5.78. The van der Waals surface area contributed by atoms with Crippen LogP contribution in [0.4, 0.5) is 0 Å². The van der Waals surface area contributed by atoms with E-state index in [4.69, 9.17) is 0 Å². The van der Waals surface area contributed by atoms with Gasteiger partial charge in [-0.2, -0.15) is 0 Å². The molecule has 2 atom stereocenters. The summed E-state index contributed by atoms with van der Waals surface area (Å²) in [7, 11) is 0. The van der Waals surface area contributed by atoms with Crippen LogP contribution in [0.15, 0.2) is 42.7 Å². The van der Waals surface area contributed by atoms with Gasteiger partial charge in [0.1, 0.15) is 5.82 Å². The van der Waals surface area contributed by atoms with Crippen LogP contribution in [0.2, 0.25) is 0 Å². The molecule has 0 aliphatic heterocycles. The van der Waals surface area contributed by atoms with E-state index in [1.807, 2.05) is 12.1 Å². The smallest absolute Gasteiger partial charge is 0.217 e. The Labute approximate surface area is 168 Å². The van der Waals surface area contributed by atoms with Gasteiger partial charge in [-0.1, -0.05) is 32.0 Å². The second-order valence-corrected chi connectivity index (χ2v) is 8.55. The maximum atomic E-state index is 11.5. The maximum Gasteiger partial charge on any atom is 0.217 e. The molecule has 1 saturated carbocycles. The third-order valence-corrected chi connectivity index (χ3v) is 6.43. The predicted molar refractivity (Wildman–Crippen MR) is 111 cm³/mol. The molecular formula is C22H24N6O. The molecule has 0 saturated heterocycles. The molecular weight excluding hydrogens is 364 g/mol. The van der Waals surface area contributed by atoms with E-state index in [0.717, 1.165) is 34.7 Å². The Hall–Kier alpha value is -3.22. The number of hydrogen-bond acceptors (Lipinski definition) is 4. The van der Waals surface area contributed by atoms with E-state index in [1.165, 1.54) is 5.56 Å². The number of nitrogens with zero attached hydrogens (tertiary/aromatic N) is 5. The van der Waals surface area contributed by atoms with Crippen LogP contribution in [0.25, 0.3) is 22.5 Å². The van der Waals surface area contributed by atoms with Crippen molar-refractivity contribution < 1.29 is 4.79 Å². The minimum atomic E-state index is -0.0944. The SMILES string of the molecule is CC(=O)N[C@@H]1C[C@H](c2nnc3cnc4c(ccn4-c4ccccc4C)n23)C1(C)C. The van der Waals surface area contributed by atoms with E-state index in [0.29, 0.717) is 0 Å². The topological polar surface area (TPSA) is 77.1 Å². The summed E-state index contributed by atoms with van der Waals surface area (Å²) in [6.07, 6.45) is 4.69. The summed E-state index contributed by atoms with van der Waals surface area (Å²) in [6, 6.07) is 10.5. The summed E-state index contributed by atoms with van der Waals surface area (Å²) >= 11 is 0. The third kappa shape index (κ3) is 2.57. The zero-order valence-corrected chi connectivity index (χ0v) is 17.0. The molecule has 5 rings (SSSR count). The number of amides is 1. The van der Waals surface area contributed by atoms with Crippen molar-refractivity contribution in [2.75, 3.05) is 0 Å². The molecule has 1 N–H and O–H groups in total. The molecule has 7 nitrogen and oxygen atoms in total. The van der Waals surface area contributed by atoms with Gasteiger partial charge in [0.25, 0.3) is 0 Å². The minimum absolute atomic E-state index is 0.00882. The van der Waals surface area contributed by atoms with E-state index < -0.39 is 0 Å². The average Bonchev–Trinajstić information content (AvgIpc) is 3.29. The Morgan fingerprint density at radius 1 is 1.21 bits per heavy atom. The predicted octanol–water partition coefficient (Wildman–Crippen LogP) is 3.39. The summed E-state index contributed by atoms with van der Waals surface area (Å²) in [5, 5.41) is 12.0. The lowest BCUT2D eigenvalue weighted by Gasteiger charge is -2.51. The summed E-state index contributed by atoms with van der Waals surface area (Å²) in [6.45, 7) is 8.03. The van der Waals surface area contributed by atoms with Crippen LogP contribution in [0.5, 0.6) is 0 Å². The number of hydrogen-bond donors (Lipinski definition) is 1. The number of fused-ring (bicyclic) bond motifs is 3. The molecule has 0 unspecified atom stereocenters. The monoisotopic (exact) mass is 388 g/mol. The molecule has 1 aliphatic carbocycles. The van der Waals surface area contributed by atoms with Crippen LogP contribution < -0.4 is 5.32 Å². The molecule has 0 spiro atoms. The molecule has 3 heterocycles.